The molecule has 7 aromatic carbocycles. The van der Waals surface area contributed by atoms with Crippen molar-refractivity contribution < 1.29 is 8.81 Å². The lowest BCUT2D eigenvalue weighted by molar-refractivity contribution is 0.402. The summed E-state index contributed by atoms with van der Waals surface area (Å²) in [4.78, 5) is 12.3. The first-order valence-corrected chi connectivity index (χ1v) is 21.5. The summed E-state index contributed by atoms with van der Waals surface area (Å²) in [6.07, 6.45) is 4.25. The first-order chi connectivity index (χ1) is 28.7. The topological polar surface area (TPSA) is 46.6 Å². The summed E-state index contributed by atoms with van der Waals surface area (Å²) in [5.74, 6) is 0.823. The summed E-state index contributed by atoms with van der Waals surface area (Å²) >= 11 is 0. The minimum absolute atomic E-state index is 0.561. The maximum absolute atomic E-state index is 17.2. The van der Waals surface area contributed by atoms with Crippen molar-refractivity contribution in [3.63, 3.8) is 0 Å². The van der Waals surface area contributed by atoms with Crippen LogP contribution in [0.2, 0.25) is 0 Å². The lowest BCUT2D eigenvalue weighted by Crippen LogP contribution is -2.77. The Morgan fingerprint density at radius 1 is 0.569 bits per heavy atom. The zero-order chi connectivity index (χ0) is 38.4. The van der Waals surface area contributed by atoms with Gasteiger partial charge in [-0.3, -0.25) is 9.30 Å². The van der Waals surface area contributed by atoms with Crippen LogP contribution >= 0.6 is 0 Å². The number of rotatable bonds is 5. The SMILES string of the molecule is FC(c1cccc(N2c3ccccc3[Si](c3ccccc3)(c3ccccc3)c3c2ncc2oc4ccccc4c32)c1)c1ccc2c3ccccc3n3ccnc3c2c1. The normalized spacial score (nSPS) is 14.0. The number of hydrogen-bond acceptors (Lipinski definition) is 4. The van der Waals surface area contributed by atoms with E-state index >= 15 is 4.39 Å². The van der Waals surface area contributed by atoms with E-state index in [0.29, 0.717) is 11.1 Å². The Bertz CT molecular complexity index is 3360. The highest BCUT2D eigenvalue weighted by Gasteiger charge is 2.51. The summed E-state index contributed by atoms with van der Waals surface area (Å²) in [6, 6.07) is 60.9. The molecule has 1 aliphatic heterocycles. The molecule has 5 nitrogen and oxygen atoms in total. The molecule has 58 heavy (non-hydrogen) atoms. The van der Waals surface area contributed by atoms with E-state index in [1.165, 1.54) is 15.6 Å². The maximum Gasteiger partial charge on any atom is 0.187 e. The summed E-state index contributed by atoms with van der Waals surface area (Å²) in [7, 11) is -3.09. The molecule has 12 rings (SSSR count). The van der Waals surface area contributed by atoms with Crippen molar-refractivity contribution in [2.45, 2.75) is 6.17 Å². The smallest absolute Gasteiger partial charge is 0.187 e. The third-order valence-corrected chi connectivity index (χ3v) is 16.9. The van der Waals surface area contributed by atoms with E-state index in [9.17, 15) is 0 Å². The van der Waals surface area contributed by atoms with Gasteiger partial charge in [-0.05, 0) is 68.5 Å². The van der Waals surface area contributed by atoms with E-state index in [-0.39, 0.29) is 0 Å². The van der Waals surface area contributed by atoms with E-state index in [0.717, 1.165) is 71.6 Å². The zero-order valence-electron chi connectivity index (χ0n) is 31.1. The highest BCUT2D eigenvalue weighted by molar-refractivity contribution is 7.22. The second kappa shape index (κ2) is 12.6. The van der Waals surface area contributed by atoms with Gasteiger partial charge in [0, 0.05) is 50.5 Å². The van der Waals surface area contributed by atoms with Gasteiger partial charge in [-0.1, -0.05) is 140 Å². The Balaban J connectivity index is 1.10. The van der Waals surface area contributed by atoms with E-state index in [1.54, 1.807) is 6.20 Å². The van der Waals surface area contributed by atoms with Crippen LogP contribution in [0.5, 0.6) is 0 Å². The van der Waals surface area contributed by atoms with Crippen molar-refractivity contribution in [2.24, 2.45) is 0 Å². The molecule has 0 radical (unpaired) electrons. The number of para-hydroxylation sites is 3. The van der Waals surface area contributed by atoms with E-state index in [1.807, 2.05) is 73.1 Å². The molecule has 0 bridgehead atoms. The fraction of sp³-hybridized carbons (Fsp3) is 0.0196. The van der Waals surface area contributed by atoms with Gasteiger partial charge in [0.25, 0.3) is 0 Å². The van der Waals surface area contributed by atoms with Crippen LogP contribution in [0, 0.1) is 0 Å². The van der Waals surface area contributed by atoms with Crippen LogP contribution in [-0.4, -0.2) is 22.4 Å². The van der Waals surface area contributed by atoms with Gasteiger partial charge < -0.3 is 4.42 Å². The number of furan rings is 1. The zero-order valence-corrected chi connectivity index (χ0v) is 32.1. The highest BCUT2D eigenvalue weighted by Crippen LogP contribution is 2.42. The monoisotopic (exact) mass is 764 g/mol. The predicted octanol–water partition coefficient (Wildman–Crippen LogP) is 10.2. The van der Waals surface area contributed by atoms with Crippen molar-refractivity contribution >= 4 is 95.3 Å². The van der Waals surface area contributed by atoms with Crippen LogP contribution in [0.25, 0.3) is 49.3 Å². The molecule has 0 aliphatic carbocycles. The number of imidazole rings is 1. The van der Waals surface area contributed by atoms with Gasteiger partial charge in [0.15, 0.2) is 19.8 Å². The van der Waals surface area contributed by atoms with Crippen molar-refractivity contribution in [3.05, 3.63) is 206 Å². The Kier molecular flexibility index (Phi) is 7.12. The first kappa shape index (κ1) is 32.8. The van der Waals surface area contributed by atoms with Crippen molar-refractivity contribution in [3.8, 4) is 0 Å². The van der Waals surface area contributed by atoms with Gasteiger partial charge in [0.05, 0.1) is 11.7 Å². The molecule has 11 aromatic rings. The molecule has 0 amide bonds. The number of anilines is 3. The van der Waals surface area contributed by atoms with Gasteiger partial charge >= 0.3 is 0 Å². The molecule has 1 atom stereocenters. The Labute approximate surface area is 333 Å². The van der Waals surface area contributed by atoms with Crippen molar-refractivity contribution in [1.82, 2.24) is 14.4 Å². The molecular formula is C51H33FN4OSi. The summed E-state index contributed by atoms with van der Waals surface area (Å²) in [5.41, 5.74) is 6.45. The average Bonchev–Trinajstić information content (AvgIpc) is 3.95. The molecular weight excluding hydrogens is 732 g/mol. The number of pyridine rings is 2. The van der Waals surface area contributed by atoms with Gasteiger partial charge in [0.1, 0.15) is 17.0 Å². The number of fused-ring (bicyclic) bond motifs is 12. The van der Waals surface area contributed by atoms with Crippen molar-refractivity contribution in [2.75, 3.05) is 4.90 Å². The molecule has 4 aromatic heterocycles. The van der Waals surface area contributed by atoms with Crippen LogP contribution in [-0.2, 0) is 0 Å². The third kappa shape index (κ3) is 4.56. The van der Waals surface area contributed by atoms with E-state index < -0.39 is 14.2 Å². The number of aromatic nitrogens is 3. The Hall–Kier alpha value is -7.35. The minimum atomic E-state index is -3.09. The predicted molar refractivity (Wildman–Crippen MR) is 237 cm³/mol. The average molecular weight is 765 g/mol. The molecule has 0 saturated heterocycles. The van der Waals surface area contributed by atoms with Crippen LogP contribution in [0.3, 0.4) is 0 Å². The van der Waals surface area contributed by atoms with Crippen LogP contribution in [0.4, 0.5) is 21.6 Å². The lowest BCUT2D eigenvalue weighted by Gasteiger charge is -2.44. The maximum atomic E-state index is 17.2. The largest absolute Gasteiger partial charge is 0.454 e. The van der Waals surface area contributed by atoms with Crippen molar-refractivity contribution in [1.29, 1.82) is 0 Å². The molecule has 7 heteroatoms. The Morgan fingerprint density at radius 2 is 1.28 bits per heavy atom. The number of hydrogen-bond donors (Lipinski definition) is 0. The summed E-state index contributed by atoms with van der Waals surface area (Å²) < 4.78 is 25.9. The molecule has 274 valence electrons. The molecule has 1 aliphatic rings. The number of halogens is 1. The standard InChI is InChI=1S/C51H33FN4OSi/c52-48(34-26-27-38-39-20-7-9-22-42(39)55-29-28-53-50(55)41(38)31-34)33-14-13-15-35(30-33)56-43-23-10-12-25-46(43)58(36-16-3-1-4-17-36,37-18-5-2-6-19-37)49-47-40-21-8-11-24-44(40)57-45(47)32-54-51(49)56/h1-32,48H. The van der Waals surface area contributed by atoms with Gasteiger partial charge in [0.2, 0.25) is 0 Å². The van der Waals surface area contributed by atoms with Crippen LogP contribution < -0.4 is 25.6 Å². The van der Waals surface area contributed by atoms with Gasteiger partial charge in [-0.25, -0.2) is 14.4 Å². The molecule has 5 heterocycles. The molecule has 0 fully saturated rings. The quantitative estimate of drug-likeness (QED) is 0.129. The minimum Gasteiger partial charge on any atom is -0.454 e. The fourth-order valence-electron chi connectivity index (χ4n) is 9.63. The summed E-state index contributed by atoms with van der Waals surface area (Å²) in [5, 5.41) is 10.1. The van der Waals surface area contributed by atoms with E-state index in [2.05, 4.69) is 125 Å². The molecule has 0 spiro atoms. The number of nitrogens with zero attached hydrogens (tertiary/aromatic N) is 4. The summed E-state index contributed by atoms with van der Waals surface area (Å²) in [6.45, 7) is 0. The first-order valence-electron chi connectivity index (χ1n) is 19.5. The van der Waals surface area contributed by atoms with Crippen LogP contribution in [0.15, 0.2) is 199 Å². The second-order valence-corrected chi connectivity index (χ2v) is 18.7. The van der Waals surface area contributed by atoms with Gasteiger partial charge in [-0.2, -0.15) is 0 Å². The van der Waals surface area contributed by atoms with Gasteiger partial charge in [-0.15, -0.1) is 0 Å². The third-order valence-electron chi connectivity index (χ3n) is 12.0. The molecule has 0 N–H and O–H groups in total. The lowest BCUT2D eigenvalue weighted by atomic mass is 9.97. The number of alkyl halides is 1. The Morgan fingerprint density at radius 3 is 2.10 bits per heavy atom. The highest BCUT2D eigenvalue weighted by atomic mass is 28.3. The second-order valence-electron chi connectivity index (χ2n) is 15.0. The number of benzene rings is 7. The fourth-order valence-corrected chi connectivity index (χ4v) is 14.9. The van der Waals surface area contributed by atoms with Crippen LogP contribution in [0.1, 0.15) is 17.3 Å². The molecule has 1 unspecified atom stereocenters. The molecule has 0 saturated carbocycles. The van der Waals surface area contributed by atoms with E-state index in [4.69, 9.17) is 14.4 Å².